The highest BCUT2D eigenvalue weighted by atomic mass is 16.3. The molecule has 10 heavy (non-hydrogen) atoms. The summed E-state index contributed by atoms with van der Waals surface area (Å²) in [4.78, 5) is 4.07. The Labute approximate surface area is 56.9 Å². The lowest BCUT2D eigenvalue weighted by Gasteiger charge is -1.85. The zero-order valence-corrected chi connectivity index (χ0v) is 5.40. The van der Waals surface area contributed by atoms with Gasteiger partial charge in [-0.25, -0.2) is 4.98 Å². The molecule has 2 aromatic rings. The van der Waals surface area contributed by atoms with Crippen LogP contribution in [0, 0.1) is 6.92 Å². The Balaban J connectivity index is 2.86. The standard InChI is InChI=1S/C6H5N3O/c1-4-7-5-2-3-10-6(5)9-8-4/h2-3H,1H3. The maximum Gasteiger partial charge on any atom is 0.264 e. The molecule has 0 aliphatic heterocycles. The van der Waals surface area contributed by atoms with Crippen molar-refractivity contribution in [2.24, 2.45) is 0 Å². The summed E-state index contributed by atoms with van der Waals surface area (Å²) in [6.45, 7) is 1.79. The molecule has 0 aliphatic rings. The monoisotopic (exact) mass is 135 g/mol. The summed E-state index contributed by atoms with van der Waals surface area (Å²) < 4.78 is 4.94. The molecule has 0 aliphatic carbocycles. The summed E-state index contributed by atoms with van der Waals surface area (Å²) in [5, 5.41) is 7.49. The van der Waals surface area contributed by atoms with Crippen LogP contribution >= 0.6 is 0 Å². The molecule has 0 bridgehead atoms. The highest BCUT2D eigenvalue weighted by Crippen LogP contribution is 2.06. The zero-order valence-electron chi connectivity index (χ0n) is 5.40. The number of rotatable bonds is 0. The van der Waals surface area contributed by atoms with Gasteiger partial charge in [0.1, 0.15) is 11.3 Å². The van der Waals surface area contributed by atoms with Crippen LogP contribution in [-0.4, -0.2) is 15.2 Å². The van der Waals surface area contributed by atoms with Crippen LogP contribution in [0.4, 0.5) is 0 Å². The van der Waals surface area contributed by atoms with Crippen molar-refractivity contribution < 1.29 is 4.42 Å². The summed E-state index contributed by atoms with van der Waals surface area (Å²) in [6, 6.07) is 1.76. The number of hydrogen-bond acceptors (Lipinski definition) is 4. The maximum absolute atomic E-state index is 4.94. The van der Waals surface area contributed by atoms with Gasteiger partial charge in [0.05, 0.1) is 6.26 Å². The minimum absolute atomic E-state index is 0.491. The van der Waals surface area contributed by atoms with Crippen LogP contribution in [0.2, 0.25) is 0 Å². The summed E-state index contributed by atoms with van der Waals surface area (Å²) in [5.41, 5.74) is 1.25. The third kappa shape index (κ3) is 0.655. The van der Waals surface area contributed by atoms with Gasteiger partial charge in [-0.05, 0) is 6.92 Å². The number of hydrogen-bond donors (Lipinski definition) is 0. The summed E-state index contributed by atoms with van der Waals surface area (Å²) in [7, 11) is 0. The third-order valence-electron chi connectivity index (χ3n) is 1.19. The topological polar surface area (TPSA) is 51.8 Å². The third-order valence-corrected chi connectivity index (χ3v) is 1.19. The molecule has 0 radical (unpaired) electrons. The summed E-state index contributed by atoms with van der Waals surface area (Å²) >= 11 is 0. The zero-order chi connectivity index (χ0) is 6.97. The van der Waals surface area contributed by atoms with Gasteiger partial charge in [-0.15, -0.1) is 10.2 Å². The second-order valence-electron chi connectivity index (χ2n) is 1.97. The molecule has 0 unspecified atom stereocenters. The van der Waals surface area contributed by atoms with Gasteiger partial charge < -0.3 is 4.42 Å². The van der Waals surface area contributed by atoms with E-state index in [4.69, 9.17) is 4.42 Å². The quantitative estimate of drug-likeness (QED) is 0.539. The van der Waals surface area contributed by atoms with E-state index in [1.54, 1.807) is 19.3 Å². The molecule has 0 aromatic carbocycles. The highest BCUT2D eigenvalue weighted by molar-refractivity contribution is 5.66. The number of aryl methyl sites for hydroxylation is 1. The molecule has 0 saturated heterocycles. The van der Waals surface area contributed by atoms with Crippen molar-refractivity contribution in [3.63, 3.8) is 0 Å². The molecule has 0 N–H and O–H groups in total. The molecular formula is C6H5N3O. The van der Waals surface area contributed by atoms with Crippen LogP contribution in [0.5, 0.6) is 0 Å². The Hall–Kier alpha value is -1.45. The molecule has 4 nitrogen and oxygen atoms in total. The van der Waals surface area contributed by atoms with Gasteiger partial charge in [0.15, 0.2) is 0 Å². The molecule has 50 valence electrons. The molecule has 2 aromatic heterocycles. The largest absolute Gasteiger partial charge is 0.444 e. The smallest absolute Gasteiger partial charge is 0.264 e. The van der Waals surface area contributed by atoms with E-state index in [2.05, 4.69) is 15.2 Å². The second kappa shape index (κ2) is 1.76. The van der Waals surface area contributed by atoms with E-state index in [0.29, 0.717) is 11.5 Å². The Morgan fingerprint density at radius 3 is 3.20 bits per heavy atom. The maximum atomic E-state index is 4.94. The van der Waals surface area contributed by atoms with E-state index in [0.717, 1.165) is 5.52 Å². The first-order chi connectivity index (χ1) is 4.86. The Kier molecular flexibility index (Phi) is 0.943. The van der Waals surface area contributed by atoms with E-state index in [1.807, 2.05) is 0 Å². The Morgan fingerprint density at radius 1 is 1.40 bits per heavy atom. The molecule has 2 heterocycles. The van der Waals surface area contributed by atoms with Crippen LogP contribution in [0.15, 0.2) is 16.7 Å². The van der Waals surface area contributed by atoms with E-state index >= 15 is 0 Å². The SMILES string of the molecule is Cc1nnc2occc2n1. The van der Waals surface area contributed by atoms with E-state index in [-0.39, 0.29) is 0 Å². The minimum atomic E-state index is 0.491. The van der Waals surface area contributed by atoms with Crippen LogP contribution in [0.3, 0.4) is 0 Å². The van der Waals surface area contributed by atoms with Crippen molar-refractivity contribution in [1.82, 2.24) is 15.2 Å². The Bertz CT molecular complexity index is 355. The fourth-order valence-corrected chi connectivity index (χ4v) is 0.769. The van der Waals surface area contributed by atoms with E-state index in [1.165, 1.54) is 0 Å². The van der Waals surface area contributed by atoms with Crippen LogP contribution in [0.1, 0.15) is 5.82 Å². The normalized spacial score (nSPS) is 10.5. The van der Waals surface area contributed by atoms with Crippen molar-refractivity contribution in [3.8, 4) is 0 Å². The fraction of sp³-hybridized carbons (Fsp3) is 0.167. The highest BCUT2D eigenvalue weighted by Gasteiger charge is 1.98. The van der Waals surface area contributed by atoms with Gasteiger partial charge >= 0.3 is 0 Å². The lowest BCUT2D eigenvalue weighted by Crippen LogP contribution is -1.89. The summed E-state index contributed by atoms with van der Waals surface area (Å²) in [5.74, 6) is 0.661. The predicted octanol–water partition coefficient (Wildman–Crippen LogP) is 0.926. The van der Waals surface area contributed by atoms with Gasteiger partial charge in [-0.1, -0.05) is 0 Å². The van der Waals surface area contributed by atoms with Gasteiger partial charge in [-0.2, -0.15) is 0 Å². The van der Waals surface area contributed by atoms with Crippen LogP contribution in [0.25, 0.3) is 11.2 Å². The van der Waals surface area contributed by atoms with Crippen molar-refractivity contribution in [3.05, 3.63) is 18.2 Å². The Morgan fingerprint density at radius 2 is 2.30 bits per heavy atom. The first-order valence-electron chi connectivity index (χ1n) is 2.91. The van der Waals surface area contributed by atoms with Crippen molar-refractivity contribution in [2.75, 3.05) is 0 Å². The fourth-order valence-electron chi connectivity index (χ4n) is 0.769. The van der Waals surface area contributed by atoms with Crippen molar-refractivity contribution >= 4 is 11.2 Å². The van der Waals surface area contributed by atoms with Gasteiger partial charge in [-0.3, -0.25) is 0 Å². The number of nitrogens with zero attached hydrogens (tertiary/aromatic N) is 3. The number of aromatic nitrogens is 3. The van der Waals surface area contributed by atoms with Crippen molar-refractivity contribution in [2.45, 2.75) is 6.92 Å². The van der Waals surface area contributed by atoms with Gasteiger partial charge in [0, 0.05) is 6.07 Å². The van der Waals surface area contributed by atoms with E-state index in [9.17, 15) is 0 Å². The molecule has 0 atom stereocenters. The summed E-state index contributed by atoms with van der Waals surface area (Å²) in [6.07, 6.45) is 1.55. The minimum Gasteiger partial charge on any atom is -0.444 e. The first kappa shape index (κ1) is 5.34. The molecule has 0 saturated carbocycles. The average molecular weight is 135 g/mol. The molecule has 0 spiro atoms. The molecule has 2 rings (SSSR count). The van der Waals surface area contributed by atoms with Crippen LogP contribution < -0.4 is 0 Å². The lowest BCUT2D eigenvalue weighted by molar-refractivity contribution is 0.594. The van der Waals surface area contributed by atoms with Gasteiger partial charge in [0.2, 0.25) is 0 Å². The van der Waals surface area contributed by atoms with Crippen LogP contribution in [-0.2, 0) is 0 Å². The molecular weight excluding hydrogens is 130 g/mol. The average Bonchev–Trinajstić information content (AvgIpc) is 2.33. The second-order valence-corrected chi connectivity index (χ2v) is 1.97. The molecule has 4 heteroatoms. The van der Waals surface area contributed by atoms with Crippen molar-refractivity contribution in [1.29, 1.82) is 0 Å². The molecule has 0 fully saturated rings. The predicted molar refractivity (Wildman–Crippen MR) is 34.3 cm³/mol. The first-order valence-corrected chi connectivity index (χ1v) is 2.91. The lowest BCUT2D eigenvalue weighted by atomic mass is 10.5. The number of fused-ring (bicyclic) bond motifs is 1. The van der Waals surface area contributed by atoms with E-state index < -0.39 is 0 Å². The number of furan rings is 1. The molecule has 0 amide bonds. The van der Waals surface area contributed by atoms with Gasteiger partial charge in [0.25, 0.3) is 5.71 Å².